The van der Waals surface area contributed by atoms with Gasteiger partial charge in [-0.1, -0.05) is 19.3 Å². The monoisotopic (exact) mass is 206 g/mol. The molecule has 0 atom stereocenters. The second-order valence-electron chi connectivity index (χ2n) is 4.22. The van der Waals surface area contributed by atoms with Gasteiger partial charge in [0, 0.05) is 13.1 Å². The highest BCUT2D eigenvalue weighted by Gasteiger charge is 2.19. The summed E-state index contributed by atoms with van der Waals surface area (Å²) >= 11 is 0. The Bertz CT molecular complexity index is 303. The number of rotatable bonds is 2. The number of nitrogens with zero attached hydrogens (tertiary/aromatic N) is 3. The molecular weight excluding hydrogens is 188 g/mol. The highest BCUT2D eigenvalue weighted by Crippen LogP contribution is 2.23. The molecule has 1 saturated carbocycles. The second kappa shape index (κ2) is 4.47. The van der Waals surface area contributed by atoms with Gasteiger partial charge >= 0.3 is 0 Å². The number of aromatic nitrogens is 2. The fourth-order valence-electron chi connectivity index (χ4n) is 2.14. The maximum atomic E-state index is 5.56. The summed E-state index contributed by atoms with van der Waals surface area (Å²) in [5.74, 6) is 0.788. The summed E-state index contributed by atoms with van der Waals surface area (Å²) in [7, 11) is 2.07. The van der Waals surface area contributed by atoms with E-state index in [1.165, 1.54) is 32.1 Å². The van der Waals surface area contributed by atoms with Crippen molar-refractivity contribution in [2.75, 3.05) is 17.7 Å². The summed E-state index contributed by atoms with van der Waals surface area (Å²) < 4.78 is 0. The predicted molar refractivity (Wildman–Crippen MR) is 61.7 cm³/mol. The molecule has 0 aromatic carbocycles. The molecular formula is C11H18N4. The average molecular weight is 206 g/mol. The van der Waals surface area contributed by atoms with Gasteiger partial charge in [0.2, 0.25) is 5.95 Å². The summed E-state index contributed by atoms with van der Waals surface area (Å²) in [5, 5.41) is 0. The predicted octanol–water partition coefficient (Wildman–Crippen LogP) is 1.83. The van der Waals surface area contributed by atoms with Gasteiger partial charge in [-0.25, -0.2) is 9.97 Å². The summed E-state index contributed by atoms with van der Waals surface area (Å²) in [6, 6.07) is 0.599. The zero-order valence-corrected chi connectivity index (χ0v) is 9.19. The summed E-state index contributed by atoms with van der Waals surface area (Å²) in [5.41, 5.74) is 6.18. The maximum absolute atomic E-state index is 5.56. The Morgan fingerprint density at radius 1 is 1.20 bits per heavy atom. The van der Waals surface area contributed by atoms with Crippen molar-refractivity contribution >= 4 is 11.6 Å². The largest absolute Gasteiger partial charge is 0.396 e. The van der Waals surface area contributed by atoms with Crippen molar-refractivity contribution in [2.24, 2.45) is 0 Å². The molecule has 4 heteroatoms. The van der Waals surface area contributed by atoms with Crippen LogP contribution in [0.5, 0.6) is 0 Å². The van der Waals surface area contributed by atoms with Crippen molar-refractivity contribution in [3.63, 3.8) is 0 Å². The Balaban J connectivity index is 2.05. The van der Waals surface area contributed by atoms with E-state index in [4.69, 9.17) is 5.73 Å². The third-order valence-corrected chi connectivity index (χ3v) is 3.10. The second-order valence-corrected chi connectivity index (χ2v) is 4.22. The number of nitrogens with two attached hydrogens (primary N) is 1. The molecule has 1 aliphatic carbocycles. The summed E-state index contributed by atoms with van der Waals surface area (Å²) in [6.45, 7) is 0. The zero-order chi connectivity index (χ0) is 10.7. The van der Waals surface area contributed by atoms with Crippen LogP contribution in [-0.2, 0) is 0 Å². The van der Waals surface area contributed by atoms with Crippen LogP contribution >= 0.6 is 0 Å². The summed E-state index contributed by atoms with van der Waals surface area (Å²) in [6.07, 6.45) is 9.86. The molecule has 0 bridgehead atoms. The number of hydrogen-bond donors (Lipinski definition) is 1. The van der Waals surface area contributed by atoms with Gasteiger partial charge in [-0.2, -0.15) is 0 Å². The molecule has 1 aliphatic rings. The van der Waals surface area contributed by atoms with Gasteiger partial charge in [0.25, 0.3) is 0 Å². The molecule has 1 fully saturated rings. The van der Waals surface area contributed by atoms with Gasteiger partial charge in [0.05, 0.1) is 18.1 Å². The van der Waals surface area contributed by atoms with Crippen LogP contribution in [0, 0.1) is 0 Å². The Morgan fingerprint density at radius 3 is 2.40 bits per heavy atom. The lowest BCUT2D eigenvalue weighted by Gasteiger charge is -2.31. The molecule has 0 radical (unpaired) electrons. The van der Waals surface area contributed by atoms with Crippen LogP contribution in [0.2, 0.25) is 0 Å². The third-order valence-electron chi connectivity index (χ3n) is 3.10. The van der Waals surface area contributed by atoms with Crippen LogP contribution in [0.1, 0.15) is 32.1 Å². The van der Waals surface area contributed by atoms with E-state index in [9.17, 15) is 0 Å². The standard InChI is InChI=1S/C11H18N4/c1-15(10-5-3-2-4-6-10)11-13-7-9(12)8-14-11/h7-8,10H,2-6,12H2,1H3. The Morgan fingerprint density at radius 2 is 1.80 bits per heavy atom. The molecule has 1 aromatic rings. The van der Waals surface area contributed by atoms with E-state index < -0.39 is 0 Å². The van der Waals surface area contributed by atoms with E-state index in [-0.39, 0.29) is 0 Å². The van der Waals surface area contributed by atoms with Crippen LogP contribution in [0.15, 0.2) is 12.4 Å². The molecule has 15 heavy (non-hydrogen) atoms. The van der Waals surface area contributed by atoms with Crippen molar-refractivity contribution in [3.8, 4) is 0 Å². The van der Waals surface area contributed by atoms with Crippen molar-refractivity contribution in [1.82, 2.24) is 9.97 Å². The fraction of sp³-hybridized carbons (Fsp3) is 0.636. The smallest absolute Gasteiger partial charge is 0.225 e. The first-order valence-electron chi connectivity index (χ1n) is 5.58. The van der Waals surface area contributed by atoms with Gasteiger partial charge in [-0.05, 0) is 12.8 Å². The molecule has 0 unspecified atom stereocenters. The molecule has 0 saturated heterocycles. The third kappa shape index (κ3) is 2.37. The van der Waals surface area contributed by atoms with Gasteiger partial charge in [-0.15, -0.1) is 0 Å². The minimum Gasteiger partial charge on any atom is -0.396 e. The Kier molecular flexibility index (Phi) is 3.04. The van der Waals surface area contributed by atoms with E-state index in [0.717, 1.165) is 5.95 Å². The number of anilines is 2. The highest BCUT2D eigenvalue weighted by atomic mass is 15.2. The average Bonchev–Trinajstić information content (AvgIpc) is 2.30. The molecule has 2 N–H and O–H groups in total. The topological polar surface area (TPSA) is 55.0 Å². The molecule has 1 aromatic heterocycles. The van der Waals surface area contributed by atoms with Crippen molar-refractivity contribution in [3.05, 3.63) is 12.4 Å². The van der Waals surface area contributed by atoms with E-state index in [1.807, 2.05) is 0 Å². The number of hydrogen-bond acceptors (Lipinski definition) is 4. The molecule has 0 amide bonds. The Hall–Kier alpha value is -1.32. The Labute approximate surface area is 90.5 Å². The van der Waals surface area contributed by atoms with Gasteiger partial charge < -0.3 is 10.6 Å². The lowest BCUT2D eigenvalue weighted by Crippen LogP contribution is -2.34. The zero-order valence-electron chi connectivity index (χ0n) is 9.19. The molecule has 82 valence electrons. The molecule has 4 nitrogen and oxygen atoms in total. The fourth-order valence-corrected chi connectivity index (χ4v) is 2.14. The van der Waals surface area contributed by atoms with Crippen LogP contribution < -0.4 is 10.6 Å². The lowest BCUT2D eigenvalue weighted by molar-refractivity contribution is 0.424. The molecule has 0 spiro atoms. The maximum Gasteiger partial charge on any atom is 0.225 e. The highest BCUT2D eigenvalue weighted by molar-refractivity contribution is 5.38. The SMILES string of the molecule is CN(c1ncc(N)cn1)C1CCCCC1. The van der Waals surface area contributed by atoms with E-state index in [0.29, 0.717) is 11.7 Å². The van der Waals surface area contributed by atoms with Crippen molar-refractivity contribution < 1.29 is 0 Å². The minimum absolute atomic E-state index is 0.599. The molecule has 0 aliphatic heterocycles. The lowest BCUT2D eigenvalue weighted by atomic mass is 9.95. The van der Waals surface area contributed by atoms with Crippen molar-refractivity contribution in [2.45, 2.75) is 38.1 Å². The summed E-state index contributed by atoms with van der Waals surface area (Å²) in [4.78, 5) is 10.7. The molecule has 1 heterocycles. The van der Waals surface area contributed by atoms with Crippen LogP contribution in [0.4, 0.5) is 11.6 Å². The normalized spacial score (nSPS) is 17.7. The number of nitrogen functional groups attached to an aromatic ring is 1. The van der Waals surface area contributed by atoms with Gasteiger partial charge in [0.15, 0.2) is 0 Å². The first kappa shape index (κ1) is 10.2. The first-order valence-corrected chi connectivity index (χ1v) is 5.58. The van der Waals surface area contributed by atoms with Gasteiger partial charge in [-0.3, -0.25) is 0 Å². The van der Waals surface area contributed by atoms with E-state index in [2.05, 4.69) is 21.9 Å². The quantitative estimate of drug-likeness (QED) is 0.802. The first-order chi connectivity index (χ1) is 7.27. The van der Waals surface area contributed by atoms with Gasteiger partial charge in [0.1, 0.15) is 0 Å². The molecule has 2 rings (SSSR count). The van der Waals surface area contributed by atoms with Crippen LogP contribution in [0.3, 0.4) is 0 Å². The van der Waals surface area contributed by atoms with E-state index in [1.54, 1.807) is 12.4 Å². The minimum atomic E-state index is 0.599. The van der Waals surface area contributed by atoms with Crippen molar-refractivity contribution in [1.29, 1.82) is 0 Å². The van der Waals surface area contributed by atoms with E-state index >= 15 is 0 Å². The van der Waals surface area contributed by atoms with Crippen LogP contribution in [-0.4, -0.2) is 23.1 Å². The van der Waals surface area contributed by atoms with Crippen LogP contribution in [0.25, 0.3) is 0 Å².